The van der Waals surface area contributed by atoms with Gasteiger partial charge in [-0.15, -0.1) is 0 Å². The lowest BCUT2D eigenvalue weighted by molar-refractivity contribution is 0.123. The van der Waals surface area contributed by atoms with Crippen molar-refractivity contribution in [3.63, 3.8) is 0 Å². The molecule has 0 fully saturated rings. The molecular weight excluding hydrogens is 118 g/mol. The molecule has 0 heterocycles. The Bertz CT molecular complexity index is 73.5. The van der Waals surface area contributed by atoms with Crippen LogP contribution in [0, 0.1) is 0 Å². The number of hydrogen-bond acceptors (Lipinski definition) is 3. The zero-order valence-electron chi connectivity index (χ0n) is 5.67. The van der Waals surface area contributed by atoms with Crippen LogP contribution < -0.4 is 5.73 Å². The van der Waals surface area contributed by atoms with E-state index in [2.05, 4.69) is 0 Å². The average Bonchev–Trinajstić information content (AvgIpc) is 1.89. The van der Waals surface area contributed by atoms with E-state index >= 15 is 0 Å². The Labute approximate surface area is 55.4 Å². The molecule has 3 nitrogen and oxygen atoms in total. The van der Waals surface area contributed by atoms with Crippen LogP contribution in [0.4, 0.5) is 0 Å². The predicted octanol–water partition coefficient (Wildman–Crippen LogP) is 0.122. The van der Waals surface area contributed by atoms with E-state index in [1.165, 1.54) is 0 Å². The molecule has 2 N–H and O–H groups in total. The third kappa shape index (κ3) is 7.46. The molecule has 0 bridgehead atoms. The van der Waals surface area contributed by atoms with Crippen LogP contribution in [0.15, 0.2) is 12.3 Å². The summed E-state index contributed by atoms with van der Waals surface area (Å²) in [6.07, 6.45) is 3.33. The van der Waals surface area contributed by atoms with E-state index in [9.17, 15) is 0 Å². The SMILES string of the molecule is COCCO/C=C/CN. The molecule has 0 saturated carbocycles. The predicted molar refractivity (Wildman–Crippen MR) is 36.0 cm³/mol. The summed E-state index contributed by atoms with van der Waals surface area (Å²) < 4.78 is 9.66. The van der Waals surface area contributed by atoms with Crippen molar-refractivity contribution in [2.75, 3.05) is 26.9 Å². The van der Waals surface area contributed by atoms with Gasteiger partial charge >= 0.3 is 0 Å². The molecule has 0 saturated heterocycles. The van der Waals surface area contributed by atoms with E-state index in [4.69, 9.17) is 15.2 Å². The van der Waals surface area contributed by atoms with Gasteiger partial charge in [-0.05, 0) is 6.08 Å². The fraction of sp³-hybridized carbons (Fsp3) is 0.667. The highest BCUT2D eigenvalue weighted by Gasteiger charge is 1.77. The molecule has 0 unspecified atom stereocenters. The van der Waals surface area contributed by atoms with Crippen molar-refractivity contribution in [1.29, 1.82) is 0 Å². The molecule has 9 heavy (non-hydrogen) atoms. The largest absolute Gasteiger partial charge is 0.499 e. The standard InChI is InChI=1S/C6H13NO2/c1-8-5-6-9-4-2-3-7/h2,4H,3,5-7H2,1H3/b4-2+. The number of methoxy groups -OCH3 is 1. The Kier molecular flexibility index (Phi) is 7.01. The monoisotopic (exact) mass is 131 g/mol. The first-order valence-electron chi connectivity index (χ1n) is 2.87. The van der Waals surface area contributed by atoms with E-state index in [1.807, 2.05) is 0 Å². The minimum Gasteiger partial charge on any atom is -0.499 e. The molecule has 0 atom stereocenters. The first kappa shape index (κ1) is 8.46. The smallest absolute Gasteiger partial charge is 0.111 e. The molecule has 0 radical (unpaired) electrons. The molecule has 0 aromatic rings. The topological polar surface area (TPSA) is 44.5 Å². The van der Waals surface area contributed by atoms with Crippen LogP contribution >= 0.6 is 0 Å². The molecule has 0 aromatic carbocycles. The van der Waals surface area contributed by atoms with E-state index in [1.54, 1.807) is 19.4 Å². The van der Waals surface area contributed by atoms with Crippen LogP contribution in [0.1, 0.15) is 0 Å². The van der Waals surface area contributed by atoms with Crippen molar-refractivity contribution in [2.24, 2.45) is 5.73 Å². The fourth-order valence-electron chi connectivity index (χ4n) is 0.323. The molecule has 0 aliphatic heterocycles. The normalized spacial score (nSPS) is 10.4. The van der Waals surface area contributed by atoms with Crippen LogP contribution in [0.3, 0.4) is 0 Å². The maximum absolute atomic E-state index is 5.15. The minimum absolute atomic E-state index is 0.521. The Morgan fingerprint density at radius 1 is 1.44 bits per heavy atom. The summed E-state index contributed by atoms with van der Waals surface area (Å²) in [5, 5.41) is 0. The number of hydrogen-bond donors (Lipinski definition) is 1. The molecule has 0 aliphatic carbocycles. The maximum atomic E-state index is 5.15. The first-order valence-corrected chi connectivity index (χ1v) is 2.87. The molecular formula is C6H13NO2. The molecule has 0 spiro atoms. The Morgan fingerprint density at radius 3 is 2.78 bits per heavy atom. The van der Waals surface area contributed by atoms with E-state index in [-0.39, 0.29) is 0 Å². The lowest BCUT2D eigenvalue weighted by Gasteiger charge is -1.96. The van der Waals surface area contributed by atoms with Crippen LogP contribution in [-0.4, -0.2) is 26.9 Å². The van der Waals surface area contributed by atoms with Crippen molar-refractivity contribution in [2.45, 2.75) is 0 Å². The van der Waals surface area contributed by atoms with E-state index in [0.717, 1.165) is 0 Å². The summed E-state index contributed by atoms with van der Waals surface area (Å²) in [6, 6.07) is 0. The summed E-state index contributed by atoms with van der Waals surface area (Å²) in [5.41, 5.74) is 5.15. The number of ether oxygens (including phenoxy) is 2. The van der Waals surface area contributed by atoms with Crippen LogP contribution in [0.5, 0.6) is 0 Å². The van der Waals surface area contributed by atoms with Gasteiger partial charge in [0.2, 0.25) is 0 Å². The van der Waals surface area contributed by atoms with Gasteiger partial charge in [0, 0.05) is 13.7 Å². The van der Waals surface area contributed by atoms with E-state index in [0.29, 0.717) is 19.8 Å². The summed E-state index contributed by atoms with van der Waals surface area (Å²) in [6.45, 7) is 1.73. The van der Waals surface area contributed by atoms with Crippen molar-refractivity contribution in [3.8, 4) is 0 Å². The molecule has 0 rings (SSSR count). The fourth-order valence-corrected chi connectivity index (χ4v) is 0.323. The van der Waals surface area contributed by atoms with Gasteiger partial charge in [-0.2, -0.15) is 0 Å². The van der Waals surface area contributed by atoms with Crippen LogP contribution in [0.2, 0.25) is 0 Å². The summed E-state index contributed by atoms with van der Waals surface area (Å²) >= 11 is 0. The second-order valence-corrected chi connectivity index (χ2v) is 1.47. The molecule has 0 aromatic heterocycles. The van der Waals surface area contributed by atoms with Crippen LogP contribution in [0.25, 0.3) is 0 Å². The second kappa shape index (κ2) is 7.46. The lowest BCUT2D eigenvalue weighted by Crippen LogP contribution is -1.98. The summed E-state index contributed by atoms with van der Waals surface area (Å²) in [7, 11) is 1.63. The minimum atomic E-state index is 0.521. The number of nitrogens with two attached hydrogens (primary N) is 1. The van der Waals surface area contributed by atoms with E-state index < -0.39 is 0 Å². The quantitative estimate of drug-likeness (QED) is 0.426. The zero-order valence-corrected chi connectivity index (χ0v) is 5.67. The molecule has 3 heteroatoms. The third-order valence-corrected chi connectivity index (χ3v) is 0.734. The van der Waals surface area contributed by atoms with Crippen molar-refractivity contribution in [3.05, 3.63) is 12.3 Å². The second-order valence-electron chi connectivity index (χ2n) is 1.47. The Morgan fingerprint density at radius 2 is 2.22 bits per heavy atom. The Balaban J connectivity index is 2.82. The van der Waals surface area contributed by atoms with Gasteiger partial charge in [0.1, 0.15) is 6.61 Å². The molecule has 0 amide bonds. The van der Waals surface area contributed by atoms with Gasteiger partial charge in [-0.1, -0.05) is 0 Å². The zero-order chi connectivity index (χ0) is 6.95. The highest BCUT2D eigenvalue weighted by atomic mass is 16.5. The first-order chi connectivity index (χ1) is 4.41. The highest BCUT2D eigenvalue weighted by molar-refractivity contribution is 4.73. The Hall–Kier alpha value is -0.540. The number of rotatable bonds is 5. The average molecular weight is 131 g/mol. The third-order valence-electron chi connectivity index (χ3n) is 0.734. The van der Waals surface area contributed by atoms with Gasteiger partial charge < -0.3 is 15.2 Å². The summed E-state index contributed by atoms with van der Waals surface area (Å²) in [4.78, 5) is 0. The van der Waals surface area contributed by atoms with Gasteiger partial charge in [-0.3, -0.25) is 0 Å². The van der Waals surface area contributed by atoms with Gasteiger partial charge in [0.15, 0.2) is 0 Å². The van der Waals surface area contributed by atoms with Crippen molar-refractivity contribution >= 4 is 0 Å². The molecule has 54 valence electrons. The molecule has 0 aliphatic rings. The highest BCUT2D eigenvalue weighted by Crippen LogP contribution is 1.76. The van der Waals surface area contributed by atoms with Crippen molar-refractivity contribution in [1.82, 2.24) is 0 Å². The summed E-state index contributed by atoms with van der Waals surface area (Å²) in [5.74, 6) is 0. The van der Waals surface area contributed by atoms with Gasteiger partial charge in [0.05, 0.1) is 12.9 Å². The van der Waals surface area contributed by atoms with Gasteiger partial charge in [0.25, 0.3) is 0 Å². The van der Waals surface area contributed by atoms with Gasteiger partial charge in [-0.25, -0.2) is 0 Å². The van der Waals surface area contributed by atoms with Crippen LogP contribution in [-0.2, 0) is 9.47 Å². The lowest BCUT2D eigenvalue weighted by atomic mass is 10.6. The maximum Gasteiger partial charge on any atom is 0.111 e. The van der Waals surface area contributed by atoms with Crippen molar-refractivity contribution < 1.29 is 9.47 Å².